The Labute approximate surface area is 96.6 Å². The second-order valence-corrected chi connectivity index (χ2v) is 4.43. The van der Waals surface area contributed by atoms with Crippen molar-refractivity contribution in [3.05, 3.63) is 11.9 Å². The van der Waals surface area contributed by atoms with Crippen LogP contribution in [0, 0.1) is 0 Å². The van der Waals surface area contributed by atoms with Crippen molar-refractivity contribution in [2.75, 3.05) is 7.05 Å². The first-order valence-electron chi connectivity index (χ1n) is 5.83. The fraction of sp³-hybridized carbons (Fsp3) is 0.818. The van der Waals surface area contributed by atoms with Crippen LogP contribution in [0.25, 0.3) is 0 Å². The molecule has 1 atom stereocenters. The third-order valence-corrected chi connectivity index (χ3v) is 3.17. The van der Waals surface area contributed by atoms with E-state index in [1.54, 1.807) is 0 Å². The summed E-state index contributed by atoms with van der Waals surface area (Å²) in [7, 11) is 2.00. The predicted molar refractivity (Wildman–Crippen MR) is 65.1 cm³/mol. The minimum absolute atomic E-state index is 0.394. The van der Waals surface area contributed by atoms with Gasteiger partial charge in [0.2, 0.25) is 0 Å². The third kappa shape index (κ3) is 4.71. The molecule has 0 aliphatic rings. The number of hydrogen-bond donors (Lipinski definition) is 1. The maximum atomic E-state index is 4.27. The zero-order chi connectivity index (χ0) is 10.9. The average molecular weight is 227 g/mol. The van der Waals surface area contributed by atoms with Crippen LogP contribution >= 0.6 is 11.7 Å². The highest BCUT2D eigenvalue weighted by atomic mass is 32.1. The topological polar surface area (TPSA) is 37.8 Å². The lowest BCUT2D eigenvalue weighted by atomic mass is 10.0. The molecule has 0 radical (unpaired) electrons. The van der Waals surface area contributed by atoms with Crippen molar-refractivity contribution >= 4 is 11.7 Å². The van der Waals surface area contributed by atoms with Gasteiger partial charge in [-0.3, -0.25) is 0 Å². The zero-order valence-electron chi connectivity index (χ0n) is 9.70. The molecule has 0 aromatic carbocycles. The molecule has 0 saturated heterocycles. The van der Waals surface area contributed by atoms with Crippen LogP contribution in [0.4, 0.5) is 0 Å². The lowest BCUT2D eigenvalue weighted by Gasteiger charge is -2.12. The summed E-state index contributed by atoms with van der Waals surface area (Å²) in [5.74, 6) is 0. The molecule has 86 valence electrons. The smallest absolute Gasteiger partial charge is 0.0912 e. The molecule has 15 heavy (non-hydrogen) atoms. The highest BCUT2D eigenvalue weighted by Gasteiger charge is 2.10. The molecule has 0 spiro atoms. The number of nitrogens with zero attached hydrogens (tertiary/aromatic N) is 2. The van der Waals surface area contributed by atoms with Crippen molar-refractivity contribution in [3.63, 3.8) is 0 Å². The van der Waals surface area contributed by atoms with E-state index in [1.807, 2.05) is 13.2 Å². The molecule has 3 nitrogen and oxygen atoms in total. The SMILES string of the molecule is CCCCCCCC(NC)c1cnsn1. The van der Waals surface area contributed by atoms with Gasteiger partial charge in [-0.15, -0.1) is 0 Å². The molecule has 0 aliphatic heterocycles. The van der Waals surface area contributed by atoms with Gasteiger partial charge in [0.1, 0.15) is 0 Å². The standard InChI is InChI=1S/C11H21N3S/c1-3-4-5-6-7-8-10(12-2)11-9-13-15-14-11/h9-10,12H,3-8H2,1-2H3. The fourth-order valence-corrected chi connectivity index (χ4v) is 2.19. The number of hydrogen-bond acceptors (Lipinski definition) is 4. The summed E-state index contributed by atoms with van der Waals surface area (Å²) in [6.45, 7) is 2.25. The maximum Gasteiger partial charge on any atom is 0.0912 e. The lowest BCUT2D eigenvalue weighted by molar-refractivity contribution is 0.494. The monoisotopic (exact) mass is 227 g/mol. The van der Waals surface area contributed by atoms with Gasteiger partial charge in [-0.25, -0.2) is 0 Å². The lowest BCUT2D eigenvalue weighted by Crippen LogP contribution is -2.16. The van der Waals surface area contributed by atoms with Crippen molar-refractivity contribution in [1.29, 1.82) is 0 Å². The Morgan fingerprint density at radius 2 is 2.13 bits per heavy atom. The highest BCUT2D eigenvalue weighted by molar-refractivity contribution is 6.99. The Kier molecular flexibility index (Phi) is 6.52. The summed E-state index contributed by atoms with van der Waals surface area (Å²) in [4.78, 5) is 0. The van der Waals surface area contributed by atoms with Crippen LogP contribution in [0.3, 0.4) is 0 Å². The normalized spacial score (nSPS) is 12.9. The minimum atomic E-state index is 0.394. The van der Waals surface area contributed by atoms with Crippen molar-refractivity contribution < 1.29 is 0 Å². The Hall–Kier alpha value is -0.480. The Bertz CT molecular complexity index is 236. The quantitative estimate of drug-likeness (QED) is 0.693. The van der Waals surface area contributed by atoms with E-state index in [9.17, 15) is 0 Å². The van der Waals surface area contributed by atoms with Gasteiger partial charge in [-0.2, -0.15) is 8.75 Å². The van der Waals surface area contributed by atoms with E-state index in [2.05, 4.69) is 21.0 Å². The Balaban J connectivity index is 2.18. The maximum absolute atomic E-state index is 4.27. The molecule has 1 N–H and O–H groups in total. The van der Waals surface area contributed by atoms with E-state index in [1.165, 1.54) is 50.3 Å². The van der Waals surface area contributed by atoms with E-state index in [0.29, 0.717) is 6.04 Å². The van der Waals surface area contributed by atoms with Crippen molar-refractivity contribution in [2.45, 2.75) is 51.5 Å². The van der Waals surface area contributed by atoms with Crippen LogP contribution in [-0.4, -0.2) is 15.8 Å². The molecule has 0 saturated carbocycles. The van der Waals surface area contributed by atoms with Crippen molar-refractivity contribution in [3.8, 4) is 0 Å². The first-order valence-corrected chi connectivity index (χ1v) is 6.56. The number of rotatable bonds is 8. The molecule has 0 bridgehead atoms. The third-order valence-electron chi connectivity index (χ3n) is 2.68. The molecule has 4 heteroatoms. The summed E-state index contributed by atoms with van der Waals surface area (Å²) < 4.78 is 8.31. The van der Waals surface area contributed by atoms with E-state index in [4.69, 9.17) is 0 Å². The highest BCUT2D eigenvalue weighted by Crippen LogP contribution is 2.18. The Morgan fingerprint density at radius 3 is 2.73 bits per heavy atom. The van der Waals surface area contributed by atoms with Crippen molar-refractivity contribution in [1.82, 2.24) is 14.1 Å². The first-order chi connectivity index (χ1) is 7.38. The number of unbranched alkanes of at least 4 members (excludes halogenated alkanes) is 4. The fourth-order valence-electron chi connectivity index (χ4n) is 1.72. The summed E-state index contributed by atoms with van der Waals surface area (Å²) in [5, 5.41) is 3.30. The van der Waals surface area contributed by atoms with E-state index in [-0.39, 0.29) is 0 Å². The first kappa shape index (κ1) is 12.6. The van der Waals surface area contributed by atoms with Crippen LogP contribution < -0.4 is 5.32 Å². The summed E-state index contributed by atoms with van der Waals surface area (Å²) >= 11 is 1.29. The van der Waals surface area contributed by atoms with Crippen LogP contribution in [0.2, 0.25) is 0 Å². The number of aromatic nitrogens is 2. The van der Waals surface area contributed by atoms with Crippen molar-refractivity contribution in [2.24, 2.45) is 0 Å². The van der Waals surface area contributed by atoms with Crippen LogP contribution in [-0.2, 0) is 0 Å². The van der Waals surface area contributed by atoms with Gasteiger partial charge in [-0.1, -0.05) is 39.0 Å². The molecule has 1 unspecified atom stereocenters. The van der Waals surface area contributed by atoms with Gasteiger partial charge in [0, 0.05) is 0 Å². The molecule has 1 aromatic rings. The van der Waals surface area contributed by atoms with Gasteiger partial charge in [-0.05, 0) is 13.5 Å². The molecular formula is C11H21N3S. The second kappa shape index (κ2) is 7.77. The summed E-state index contributed by atoms with van der Waals surface area (Å²) in [6.07, 6.45) is 9.70. The van der Waals surface area contributed by atoms with E-state index < -0.39 is 0 Å². The van der Waals surface area contributed by atoms with E-state index >= 15 is 0 Å². The molecule has 0 aliphatic carbocycles. The summed E-state index contributed by atoms with van der Waals surface area (Å²) in [6, 6.07) is 0.394. The van der Waals surface area contributed by atoms with Crippen LogP contribution in [0.15, 0.2) is 6.20 Å². The Morgan fingerprint density at radius 1 is 1.33 bits per heavy atom. The van der Waals surface area contributed by atoms with Gasteiger partial charge in [0.15, 0.2) is 0 Å². The molecule has 1 heterocycles. The predicted octanol–water partition coefficient (Wildman–Crippen LogP) is 3.16. The summed E-state index contributed by atoms with van der Waals surface area (Å²) in [5.41, 5.74) is 1.10. The molecule has 0 amide bonds. The molecule has 1 aromatic heterocycles. The van der Waals surface area contributed by atoms with E-state index in [0.717, 1.165) is 5.69 Å². The zero-order valence-corrected chi connectivity index (χ0v) is 10.5. The van der Waals surface area contributed by atoms with Crippen LogP contribution in [0.1, 0.15) is 57.2 Å². The van der Waals surface area contributed by atoms with Gasteiger partial charge in [0.05, 0.1) is 29.7 Å². The van der Waals surface area contributed by atoms with Crippen LogP contribution in [0.5, 0.6) is 0 Å². The molecular weight excluding hydrogens is 206 g/mol. The minimum Gasteiger partial charge on any atom is -0.312 e. The second-order valence-electron chi connectivity index (χ2n) is 3.88. The largest absolute Gasteiger partial charge is 0.312 e. The average Bonchev–Trinajstić information content (AvgIpc) is 2.77. The number of nitrogens with one attached hydrogen (secondary N) is 1. The van der Waals surface area contributed by atoms with Gasteiger partial charge >= 0.3 is 0 Å². The van der Waals surface area contributed by atoms with Gasteiger partial charge in [0.25, 0.3) is 0 Å². The van der Waals surface area contributed by atoms with Gasteiger partial charge < -0.3 is 5.32 Å². The molecule has 0 fully saturated rings. The molecule has 1 rings (SSSR count).